The first-order chi connectivity index (χ1) is 7.58. The van der Waals surface area contributed by atoms with Crippen LogP contribution in [0.4, 0.5) is 5.69 Å². The lowest BCUT2D eigenvalue weighted by atomic mass is 10.1. The fourth-order valence-electron chi connectivity index (χ4n) is 1.59. The lowest BCUT2D eigenvalue weighted by molar-refractivity contribution is -0.138. The van der Waals surface area contributed by atoms with Gasteiger partial charge in [0.15, 0.2) is 0 Å². The summed E-state index contributed by atoms with van der Waals surface area (Å²) >= 11 is 9.32. The second kappa shape index (κ2) is 4.63. The molecule has 0 spiro atoms. The summed E-state index contributed by atoms with van der Waals surface area (Å²) in [5.41, 5.74) is 0.662. The molecule has 3 nitrogen and oxygen atoms in total. The maximum atomic E-state index is 11.1. The minimum atomic E-state index is -0.821. The molecule has 1 saturated carbocycles. The van der Waals surface area contributed by atoms with Gasteiger partial charge in [0.05, 0.1) is 10.7 Å². The summed E-state index contributed by atoms with van der Waals surface area (Å²) in [6.45, 7) is 0. The molecular weight excluding hydrogens is 293 g/mol. The van der Waals surface area contributed by atoms with Crippen molar-refractivity contribution in [3.63, 3.8) is 0 Å². The standard InChI is InChI=1S/C11H11BrClNO2/c12-7-3-4-8(13)9(5-7)14-10(11(15)16)6-1-2-6/h3-6,10,14H,1-2H2,(H,15,16). The number of carboxylic acids is 1. The first kappa shape index (κ1) is 11.7. The molecule has 1 fully saturated rings. The number of hydrogen-bond donors (Lipinski definition) is 2. The van der Waals surface area contributed by atoms with Gasteiger partial charge in [0.25, 0.3) is 0 Å². The molecule has 2 N–H and O–H groups in total. The van der Waals surface area contributed by atoms with Crippen LogP contribution in [0, 0.1) is 5.92 Å². The summed E-state index contributed by atoms with van der Waals surface area (Å²) in [5.74, 6) is -0.592. The number of carboxylic acid groups (broad SMARTS) is 1. The second-order valence-electron chi connectivity index (χ2n) is 3.92. The smallest absolute Gasteiger partial charge is 0.326 e. The molecule has 0 bridgehead atoms. The lowest BCUT2D eigenvalue weighted by Gasteiger charge is -2.16. The fraction of sp³-hybridized carbons (Fsp3) is 0.364. The molecule has 16 heavy (non-hydrogen) atoms. The van der Waals surface area contributed by atoms with E-state index in [1.54, 1.807) is 12.1 Å². The summed E-state index contributed by atoms with van der Waals surface area (Å²) in [6.07, 6.45) is 1.94. The van der Waals surface area contributed by atoms with Crippen molar-refractivity contribution in [3.8, 4) is 0 Å². The number of hydrogen-bond acceptors (Lipinski definition) is 2. The number of carbonyl (C=O) groups is 1. The summed E-state index contributed by atoms with van der Waals surface area (Å²) in [4.78, 5) is 11.1. The molecule has 2 rings (SSSR count). The van der Waals surface area contributed by atoms with Crippen molar-refractivity contribution in [2.24, 2.45) is 5.92 Å². The van der Waals surface area contributed by atoms with Crippen molar-refractivity contribution in [3.05, 3.63) is 27.7 Å². The summed E-state index contributed by atoms with van der Waals surface area (Å²) in [7, 11) is 0. The Morgan fingerprint density at radius 2 is 2.25 bits per heavy atom. The Morgan fingerprint density at radius 3 is 2.81 bits per heavy atom. The zero-order valence-electron chi connectivity index (χ0n) is 8.41. The Morgan fingerprint density at radius 1 is 1.56 bits per heavy atom. The topological polar surface area (TPSA) is 49.3 Å². The first-order valence-corrected chi connectivity index (χ1v) is 6.19. The van der Waals surface area contributed by atoms with Crippen LogP contribution in [-0.4, -0.2) is 17.1 Å². The summed E-state index contributed by atoms with van der Waals surface area (Å²) in [6, 6.07) is 4.81. The average Bonchev–Trinajstić information content (AvgIpc) is 3.02. The minimum absolute atomic E-state index is 0.229. The first-order valence-electron chi connectivity index (χ1n) is 5.02. The van der Waals surface area contributed by atoms with Gasteiger partial charge in [0, 0.05) is 4.47 Å². The Bertz CT molecular complexity index is 420. The van der Waals surface area contributed by atoms with Gasteiger partial charge in [-0.15, -0.1) is 0 Å². The van der Waals surface area contributed by atoms with E-state index >= 15 is 0 Å². The van der Waals surface area contributed by atoms with Crippen LogP contribution >= 0.6 is 27.5 Å². The maximum absolute atomic E-state index is 11.1. The van der Waals surface area contributed by atoms with Gasteiger partial charge < -0.3 is 10.4 Å². The second-order valence-corrected chi connectivity index (χ2v) is 5.24. The number of aliphatic carboxylic acids is 1. The van der Waals surface area contributed by atoms with Crippen molar-refractivity contribution in [2.45, 2.75) is 18.9 Å². The van der Waals surface area contributed by atoms with E-state index in [-0.39, 0.29) is 5.92 Å². The molecule has 1 aliphatic carbocycles. The van der Waals surface area contributed by atoms with Crippen LogP contribution in [0.1, 0.15) is 12.8 Å². The van der Waals surface area contributed by atoms with E-state index in [0.29, 0.717) is 10.7 Å². The molecule has 86 valence electrons. The quantitative estimate of drug-likeness (QED) is 0.896. The van der Waals surface area contributed by atoms with Crippen LogP contribution in [-0.2, 0) is 4.79 Å². The van der Waals surface area contributed by atoms with Crippen molar-refractivity contribution in [1.29, 1.82) is 0 Å². The van der Waals surface area contributed by atoms with Crippen molar-refractivity contribution in [1.82, 2.24) is 0 Å². The third kappa shape index (κ3) is 2.68. The molecule has 0 saturated heterocycles. The molecule has 1 aromatic carbocycles. The molecule has 0 amide bonds. The zero-order valence-corrected chi connectivity index (χ0v) is 10.8. The number of rotatable bonds is 4. The van der Waals surface area contributed by atoms with Gasteiger partial charge in [0.2, 0.25) is 0 Å². The van der Waals surface area contributed by atoms with Crippen molar-refractivity contribution >= 4 is 39.2 Å². The molecule has 0 radical (unpaired) electrons. The highest BCUT2D eigenvalue weighted by Crippen LogP contribution is 2.36. The number of nitrogens with one attached hydrogen (secondary N) is 1. The van der Waals surface area contributed by atoms with Gasteiger partial charge in [-0.2, -0.15) is 0 Å². The van der Waals surface area contributed by atoms with Gasteiger partial charge in [-0.3, -0.25) is 0 Å². The highest BCUT2D eigenvalue weighted by Gasteiger charge is 2.36. The number of anilines is 1. The SMILES string of the molecule is O=C(O)C(Nc1cc(Br)ccc1Cl)C1CC1. The lowest BCUT2D eigenvalue weighted by Crippen LogP contribution is -2.31. The molecule has 5 heteroatoms. The largest absolute Gasteiger partial charge is 0.480 e. The maximum Gasteiger partial charge on any atom is 0.326 e. The zero-order chi connectivity index (χ0) is 11.7. The third-order valence-electron chi connectivity index (χ3n) is 2.60. The third-order valence-corrected chi connectivity index (χ3v) is 3.42. The molecule has 1 aromatic rings. The van der Waals surface area contributed by atoms with E-state index in [1.807, 2.05) is 6.07 Å². The molecule has 1 atom stereocenters. The average molecular weight is 305 g/mol. The Kier molecular flexibility index (Phi) is 3.40. The van der Waals surface area contributed by atoms with Crippen LogP contribution in [0.5, 0.6) is 0 Å². The van der Waals surface area contributed by atoms with E-state index in [2.05, 4.69) is 21.2 Å². The van der Waals surface area contributed by atoms with Crippen LogP contribution < -0.4 is 5.32 Å². The van der Waals surface area contributed by atoms with Gasteiger partial charge >= 0.3 is 5.97 Å². The van der Waals surface area contributed by atoms with Crippen LogP contribution in [0.3, 0.4) is 0 Å². The van der Waals surface area contributed by atoms with Gasteiger partial charge in [0.1, 0.15) is 6.04 Å². The Balaban J connectivity index is 2.17. The van der Waals surface area contributed by atoms with Gasteiger partial charge in [-0.25, -0.2) is 4.79 Å². The monoisotopic (exact) mass is 303 g/mol. The fourth-order valence-corrected chi connectivity index (χ4v) is 2.12. The Hall–Kier alpha value is -0.740. The van der Waals surface area contributed by atoms with E-state index in [9.17, 15) is 4.79 Å². The predicted octanol–water partition coefficient (Wildman–Crippen LogP) is 3.38. The molecule has 0 heterocycles. The molecule has 0 aliphatic heterocycles. The summed E-state index contributed by atoms with van der Waals surface area (Å²) in [5, 5.41) is 12.6. The summed E-state index contributed by atoms with van der Waals surface area (Å²) < 4.78 is 0.874. The minimum Gasteiger partial charge on any atom is -0.480 e. The van der Waals surface area contributed by atoms with Gasteiger partial charge in [-0.1, -0.05) is 27.5 Å². The van der Waals surface area contributed by atoms with Crippen LogP contribution in [0.25, 0.3) is 0 Å². The van der Waals surface area contributed by atoms with E-state index < -0.39 is 12.0 Å². The Labute approximate surface area is 107 Å². The predicted molar refractivity (Wildman–Crippen MR) is 66.9 cm³/mol. The highest BCUT2D eigenvalue weighted by atomic mass is 79.9. The molecular formula is C11H11BrClNO2. The van der Waals surface area contributed by atoms with Crippen LogP contribution in [0.15, 0.2) is 22.7 Å². The van der Waals surface area contributed by atoms with Crippen molar-refractivity contribution in [2.75, 3.05) is 5.32 Å². The van der Waals surface area contributed by atoms with E-state index in [0.717, 1.165) is 17.3 Å². The number of benzene rings is 1. The molecule has 1 aliphatic rings. The molecule has 1 unspecified atom stereocenters. The molecule has 0 aromatic heterocycles. The highest BCUT2D eigenvalue weighted by molar-refractivity contribution is 9.10. The van der Waals surface area contributed by atoms with E-state index in [4.69, 9.17) is 16.7 Å². The van der Waals surface area contributed by atoms with Crippen molar-refractivity contribution < 1.29 is 9.90 Å². The normalized spacial score (nSPS) is 16.9. The van der Waals surface area contributed by atoms with Gasteiger partial charge in [-0.05, 0) is 37.0 Å². The number of halogens is 2. The van der Waals surface area contributed by atoms with E-state index in [1.165, 1.54) is 0 Å². The van der Waals surface area contributed by atoms with Crippen LogP contribution in [0.2, 0.25) is 5.02 Å².